The fraction of sp³-hybridized carbons (Fsp3) is 0.755. The van der Waals surface area contributed by atoms with Gasteiger partial charge in [0.05, 0.1) is 39.9 Å². The summed E-state index contributed by atoms with van der Waals surface area (Å²) >= 11 is 0. The third kappa shape index (κ3) is 45.9. The summed E-state index contributed by atoms with van der Waals surface area (Å²) in [6, 6.07) is -0.928. The SMILES string of the molecule is CC/C=C\C/C=C\C/C=C\CCCCCC(=O)NC(COP(=O)([O-])OCC[N+](C)(C)C)C(O)/C=C/CC/C=C/CC/C=C/CCCCCCCCCCCCCCCCCCC. The number of carbonyl (C=O) groups excluding carboxylic acids is 1. The lowest BCUT2D eigenvalue weighted by Gasteiger charge is -2.29. The van der Waals surface area contributed by atoms with Crippen LogP contribution in [0.15, 0.2) is 72.9 Å². The molecule has 8 nitrogen and oxygen atoms in total. The van der Waals surface area contributed by atoms with Crippen LogP contribution in [0.4, 0.5) is 0 Å². The Morgan fingerprint density at radius 3 is 1.50 bits per heavy atom. The van der Waals surface area contributed by atoms with E-state index >= 15 is 0 Å². The monoisotopic (exact) mass is 889 g/mol. The van der Waals surface area contributed by atoms with Gasteiger partial charge in [-0.3, -0.25) is 9.36 Å². The van der Waals surface area contributed by atoms with E-state index in [0.717, 1.165) is 64.2 Å². The molecule has 0 radical (unpaired) electrons. The maximum atomic E-state index is 12.8. The molecule has 0 fully saturated rings. The van der Waals surface area contributed by atoms with Crippen LogP contribution in [-0.2, 0) is 18.4 Å². The Kier molecular flexibility index (Phi) is 42.7. The van der Waals surface area contributed by atoms with Gasteiger partial charge in [0, 0.05) is 6.42 Å². The van der Waals surface area contributed by atoms with Crippen LogP contribution < -0.4 is 10.2 Å². The molecule has 0 spiro atoms. The summed E-state index contributed by atoms with van der Waals surface area (Å²) in [5.41, 5.74) is 0. The molecule has 9 heteroatoms. The van der Waals surface area contributed by atoms with Crippen molar-refractivity contribution in [3.8, 4) is 0 Å². The van der Waals surface area contributed by atoms with Gasteiger partial charge in [-0.05, 0) is 77.0 Å². The Morgan fingerprint density at radius 1 is 0.581 bits per heavy atom. The van der Waals surface area contributed by atoms with Crippen LogP contribution >= 0.6 is 7.82 Å². The molecule has 0 rings (SSSR count). The van der Waals surface area contributed by atoms with Crippen molar-refractivity contribution in [2.24, 2.45) is 0 Å². The van der Waals surface area contributed by atoms with E-state index in [1.54, 1.807) is 6.08 Å². The van der Waals surface area contributed by atoms with Crippen molar-refractivity contribution in [1.29, 1.82) is 0 Å². The Labute approximate surface area is 383 Å². The Balaban J connectivity index is 4.34. The molecule has 0 aliphatic heterocycles. The Hall–Kier alpha value is -2.06. The number of phosphoric acid groups is 1. The highest BCUT2D eigenvalue weighted by atomic mass is 31.2. The second-order valence-corrected chi connectivity index (χ2v) is 19.5. The molecule has 3 atom stereocenters. The highest BCUT2D eigenvalue weighted by molar-refractivity contribution is 7.45. The number of aliphatic hydroxyl groups excluding tert-OH is 1. The van der Waals surface area contributed by atoms with E-state index in [4.69, 9.17) is 9.05 Å². The average molecular weight is 889 g/mol. The molecule has 360 valence electrons. The van der Waals surface area contributed by atoms with Crippen LogP contribution in [0, 0.1) is 0 Å². The first kappa shape index (κ1) is 59.9. The number of hydrogen-bond donors (Lipinski definition) is 2. The van der Waals surface area contributed by atoms with E-state index < -0.39 is 26.6 Å². The lowest BCUT2D eigenvalue weighted by Crippen LogP contribution is -2.45. The molecule has 0 aromatic heterocycles. The van der Waals surface area contributed by atoms with Crippen molar-refractivity contribution < 1.29 is 32.9 Å². The number of carbonyl (C=O) groups is 1. The Morgan fingerprint density at radius 2 is 1.00 bits per heavy atom. The number of unbranched alkanes of at least 4 members (excludes halogenated alkanes) is 22. The molecule has 1 amide bonds. The van der Waals surface area contributed by atoms with Gasteiger partial charge in [-0.25, -0.2) is 0 Å². The summed E-state index contributed by atoms with van der Waals surface area (Å²) in [5.74, 6) is -0.243. The molecule has 0 saturated carbocycles. The lowest BCUT2D eigenvalue weighted by atomic mass is 10.0. The van der Waals surface area contributed by atoms with E-state index in [1.165, 1.54) is 116 Å². The molecule has 0 heterocycles. The van der Waals surface area contributed by atoms with Gasteiger partial charge >= 0.3 is 0 Å². The Bertz CT molecular complexity index is 1240. The number of aliphatic hydroxyl groups is 1. The van der Waals surface area contributed by atoms with Crippen molar-refractivity contribution in [2.45, 2.75) is 219 Å². The number of rotatable bonds is 45. The molecule has 0 aromatic rings. The summed E-state index contributed by atoms with van der Waals surface area (Å²) < 4.78 is 23.2. The maximum absolute atomic E-state index is 12.8. The average Bonchev–Trinajstić information content (AvgIpc) is 3.23. The molecule has 0 bridgehead atoms. The van der Waals surface area contributed by atoms with Crippen LogP contribution in [0.3, 0.4) is 0 Å². The van der Waals surface area contributed by atoms with Crippen LogP contribution in [-0.4, -0.2) is 68.5 Å². The molecule has 0 aliphatic rings. The lowest BCUT2D eigenvalue weighted by molar-refractivity contribution is -0.870. The highest BCUT2D eigenvalue weighted by Gasteiger charge is 2.23. The number of nitrogens with one attached hydrogen (secondary N) is 1. The largest absolute Gasteiger partial charge is 0.756 e. The summed E-state index contributed by atoms with van der Waals surface area (Å²) in [4.78, 5) is 25.3. The minimum atomic E-state index is -4.61. The number of hydrogen-bond acceptors (Lipinski definition) is 6. The van der Waals surface area contributed by atoms with E-state index in [0.29, 0.717) is 23.9 Å². The number of phosphoric ester groups is 1. The van der Waals surface area contributed by atoms with Gasteiger partial charge in [0.25, 0.3) is 7.82 Å². The third-order valence-electron chi connectivity index (χ3n) is 10.9. The molecule has 0 aromatic carbocycles. The molecule has 0 saturated heterocycles. The fourth-order valence-electron chi connectivity index (χ4n) is 6.90. The molecule has 2 N–H and O–H groups in total. The van der Waals surface area contributed by atoms with Crippen molar-refractivity contribution in [2.75, 3.05) is 40.9 Å². The van der Waals surface area contributed by atoms with E-state index in [2.05, 4.69) is 79.9 Å². The van der Waals surface area contributed by atoms with E-state index in [-0.39, 0.29) is 12.5 Å². The first-order valence-electron chi connectivity index (χ1n) is 25.3. The predicted octanol–water partition coefficient (Wildman–Crippen LogP) is 14.1. The van der Waals surface area contributed by atoms with Crippen LogP contribution in [0.2, 0.25) is 0 Å². The first-order valence-corrected chi connectivity index (χ1v) is 26.8. The zero-order valence-electron chi connectivity index (χ0n) is 40.8. The number of nitrogens with zero attached hydrogens (tertiary/aromatic N) is 1. The molecular formula is C53H97N2O6P. The van der Waals surface area contributed by atoms with Crippen LogP contribution in [0.5, 0.6) is 0 Å². The zero-order chi connectivity index (χ0) is 45.7. The summed E-state index contributed by atoms with van der Waals surface area (Å²) in [5, 5.41) is 13.8. The predicted molar refractivity (Wildman–Crippen MR) is 265 cm³/mol. The highest BCUT2D eigenvalue weighted by Crippen LogP contribution is 2.38. The first-order chi connectivity index (χ1) is 30.0. The number of allylic oxidation sites excluding steroid dienone is 11. The van der Waals surface area contributed by atoms with Gasteiger partial charge < -0.3 is 28.8 Å². The topological polar surface area (TPSA) is 108 Å². The quantitative estimate of drug-likeness (QED) is 0.0273. The van der Waals surface area contributed by atoms with Crippen LogP contribution in [0.1, 0.15) is 206 Å². The van der Waals surface area contributed by atoms with Gasteiger partial charge in [0.1, 0.15) is 13.2 Å². The van der Waals surface area contributed by atoms with Crippen molar-refractivity contribution in [1.82, 2.24) is 5.32 Å². The van der Waals surface area contributed by atoms with E-state index in [1.807, 2.05) is 27.2 Å². The summed E-state index contributed by atoms with van der Waals surface area (Å²) in [6.07, 6.45) is 59.9. The van der Waals surface area contributed by atoms with Crippen molar-refractivity contribution in [3.05, 3.63) is 72.9 Å². The van der Waals surface area contributed by atoms with Gasteiger partial charge in [-0.1, -0.05) is 196 Å². The smallest absolute Gasteiger partial charge is 0.268 e. The van der Waals surface area contributed by atoms with E-state index in [9.17, 15) is 19.4 Å². The van der Waals surface area contributed by atoms with Gasteiger partial charge in [0.2, 0.25) is 5.91 Å². The zero-order valence-corrected chi connectivity index (χ0v) is 41.7. The van der Waals surface area contributed by atoms with Crippen molar-refractivity contribution >= 4 is 13.7 Å². The molecule has 3 unspecified atom stereocenters. The molecule has 0 aliphatic carbocycles. The summed E-state index contributed by atoms with van der Waals surface area (Å²) in [7, 11) is 1.20. The third-order valence-corrected chi connectivity index (χ3v) is 11.8. The second-order valence-electron chi connectivity index (χ2n) is 18.1. The normalized spacial score (nSPS) is 14.8. The second kappa shape index (κ2) is 44.2. The van der Waals surface area contributed by atoms with Gasteiger partial charge in [-0.2, -0.15) is 0 Å². The summed E-state index contributed by atoms with van der Waals surface area (Å²) in [6.45, 7) is 4.47. The van der Waals surface area contributed by atoms with Gasteiger partial charge in [-0.15, -0.1) is 0 Å². The maximum Gasteiger partial charge on any atom is 0.268 e. The van der Waals surface area contributed by atoms with Crippen LogP contribution in [0.25, 0.3) is 0 Å². The fourth-order valence-corrected chi connectivity index (χ4v) is 7.63. The minimum Gasteiger partial charge on any atom is -0.756 e. The number of likely N-dealkylation sites (N-methyl/N-ethyl adjacent to an activating group) is 1. The molecular weight excluding hydrogens is 792 g/mol. The number of quaternary nitrogens is 1. The molecule has 62 heavy (non-hydrogen) atoms. The minimum absolute atomic E-state index is 0.0181. The standard InChI is InChI=1S/C53H97N2O6P/c1-6-8-10-12-14-16-18-20-21-22-23-24-25-26-27-28-29-30-31-32-33-35-36-38-40-42-44-46-52(56)51(50-61-62(58,59)60-49-48-55(3,4)5)54-53(57)47-45-43-41-39-37-34-19-17-15-13-11-9-7-2/h9,11,15,17,31-32,34,36-38,44,46,51-52,56H,6-8,10,12-14,16,18-30,33,35,39-43,45,47-50H2,1-5H3,(H-,54,57,58,59)/b11-9-,17-15-,32-31+,37-34-,38-36+,46-44+. The van der Waals surface area contributed by atoms with Crippen molar-refractivity contribution in [3.63, 3.8) is 0 Å². The number of amides is 1. The van der Waals surface area contributed by atoms with Gasteiger partial charge in [0.15, 0.2) is 0 Å².